The second-order valence-corrected chi connectivity index (χ2v) is 6.94. The lowest BCUT2D eigenvalue weighted by Gasteiger charge is -2.28. The van der Waals surface area contributed by atoms with Gasteiger partial charge in [0.2, 0.25) is 0 Å². The molecule has 0 saturated carbocycles. The Bertz CT molecular complexity index is 455. The van der Waals surface area contributed by atoms with Gasteiger partial charge in [-0.15, -0.1) is 11.8 Å². The van der Waals surface area contributed by atoms with E-state index >= 15 is 0 Å². The average molecular weight is 298 g/mol. The van der Waals surface area contributed by atoms with E-state index in [1.54, 1.807) is 6.26 Å². The van der Waals surface area contributed by atoms with Gasteiger partial charge in [0.25, 0.3) is 0 Å². The summed E-state index contributed by atoms with van der Waals surface area (Å²) in [4.78, 5) is 8.28. The van der Waals surface area contributed by atoms with Crippen molar-refractivity contribution in [2.45, 2.75) is 17.1 Å². The molecule has 0 aromatic carbocycles. The molecule has 1 atom stereocenters. The second-order valence-electron chi connectivity index (χ2n) is 4.61. The fraction of sp³-hybridized carbons (Fsp3) is 0.615. The number of hydrogen-bond acceptors (Lipinski definition) is 6. The molecule has 0 aliphatic carbocycles. The van der Waals surface area contributed by atoms with Crippen LogP contribution in [-0.4, -0.2) is 53.9 Å². The third-order valence-electron chi connectivity index (χ3n) is 3.22. The van der Waals surface area contributed by atoms with Crippen molar-refractivity contribution in [3.8, 4) is 0 Å². The molecule has 3 rings (SSSR count). The standard InChI is InChI=1S/C13H18N2O2S2/c1-10-12(2-5-17-10)18-9-11-8-14-13(19-11)15-3-6-16-7-4-15/h2,5,11H,3-4,6-9H2,1H3/t11-/m1/s1. The number of thioether (sulfide) groups is 2. The molecule has 1 saturated heterocycles. The molecule has 6 heteroatoms. The van der Waals surface area contributed by atoms with Crippen molar-refractivity contribution in [3.63, 3.8) is 0 Å². The van der Waals surface area contributed by atoms with E-state index in [2.05, 4.69) is 9.89 Å². The predicted molar refractivity (Wildman–Crippen MR) is 80.2 cm³/mol. The quantitative estimate of drug-likeness (QED) is 0.802. The lowest BCUT2D eigenvalue weighted by molar-refractivity contribution is 0.0693. The molecule has 0 bridgehead atoms. The van der Waals surface area contributed by atoms with Crippen LogP contribution in [0, 0.1) is 6.92 Å². The van der Waals surface area contributed by atoms with Crippen LogP contribution < -0.4 is 0 Å². The molecular weight excluding hydrogens is 280 g/mol. The van der Waals surface area contributed by atoms with E-state index in [0.29, 0.717) is 5.25 Å². The van der Waals surface area contributed by atoms with Gasteiger partial charge in [-0.05, 0) is 13.0 Å². The Kier molecular flexibility index (Phi) is 4.40. The number of aliphatic imine (C=N–C) groups is 1. The summed E-state index contributed by atoms with van der Waals surface area (Å²) in [6.07, 6.45) is 1.76. The average Bonchev–Trinajstić information content (AvgIpc) is 3.06. The molecule has 0 radical (unpaired) electrons. The van der Waals surface area contributed by atoms with Gasteiger partial charge in [-0.25, -0.2) is 0 Å². The van der Waals surface area contributed by atoms with E-state index in [9.17, 15) is 0 Å². The van der Waals surface area contributed by atoms with Crippen molar-refractivity contribution < 1.29 is 9.15 Å². The summed E-state index contributed by atoms with van der Waals surface area (Å²) in [5, 5.41) is 1.79. The van der Waals surface area contributed by atoms with Gasteiger partial charge in [-0.1, -0.05) is 11.8 Å². The first-order chi connectivity index (χ1) is 9.33. The summed E-state index contributed by atoms with van der Waals surface area (Å²) in [5.41, 5.74) is 0. The number of amidine groups is 1. The second kappa shape index (κ2) is 6.24. The van der Waals surface area contributed by atoms with E-state index in [4.69, 9.17) is 9.15 Å². The number of aryl methyl sites for hydroxylation is 1. The Balaban J connectivity index is 1.47. The third kappa shape index (κ3) is 3.30. The van der Waals surface area contributed by atoms with E-state index in [1.165, 1.54) is 10.1 Å². The van der Waals surface area contributed by atoms with E-state index < -0.39 is 0 Å². The summed E-state index contributed by atoms with van der Waals surface area (Å²) in [6, 6.07) is 2.05. The Morgan fingerprint density at radius 3 is 3.05 bits per heavy atom. The van der Waals surface area contributed by atoms with Crippen LogP contribution in [0.25, 0.3) is 0 Å². The Labute approximate surface area is 122 Å². The van der Waals surface area contributed by atoms with E-state index in [0.717, 1.165) is 44.4 Å². The van der Waals surface area contributed by atoms with Crippen molar-refractivity contribution in [2.24, 2.45) is 4.99 Å². The lowest BCUT2D eigenvalue weighted by Crippen LogP contribution is -2.39. The summed E-state index contributed by atoms with van der Waals surface area (Å²) in [5.74, 6) is 2.10. The van der Waals surface area contributed by atoms with Crippen LogP contribution in [-0.2, 0) is 4.74 Å². The van der Waals surface area contributed by atoms with E-state index in [1.807, 2.05) is 36.5 Å². The highest BCUT2D eigenvalue weighted by Gasteiger charge is 2.25. The predicted octanol–water partition coefficient (Wildman–Crippen LogP) is 2.48. The number of hydrogen-bond donors (Lipinski definition) is 0. The van der Waals surface area contributed by atoms with Crippen molar-refractivity contribution in [1.82, 2.24) is 4.90 Å². The number of furan rings is 1. The number of rotatable bonds is 3. The summed E-state index contributed by atoms with van der Waals surface area (Å²) in [6.45, 7) is 6.56. The van der Waals surface area contributed by atoms with Gasteiger partial charge >= 0.3 is 0 Å². The van der Waals surface area contributed by atoms with Gasteiger partial charge in [-0.2, -0.15) is 0 Å². The van der Waals surface area contributed by atoms with Gasteiger partial charge in [0, 0.05) is 29.0 Å². The van der Waals surface area contributed by atoms with Gasteiger partial charge in [-0.3, -0.25) is 4.99 Å². The zero-order chi connectivity index (χ0) is 13.1. The van der Waals surface area contributed by atoms with Crippen molar-refractivity contribution >= 4 is 28.7 Å². The molecule has 104 valence electrons. The van der Waals surface area contributed by atoms with Gasteiger partial charge in [0.1, 0.15) is 5.76 Å². The first-order valence-electron chi connectivity index (χ1n) is 6.53. The monoisotopic (exact) mass is 298 g/mol. The minimum absolute atomic E-state index is 0.581. The summed E-state index contributed by atoms with van der Waals surface area (Å²) in [7, 11) is 0. The molecule has 0 spiro atoms. The minimum Gasteiger partial charge on any atom is -0.468 e. The largest absolute Gasteiger partial charge is 0.468 e. The zero-order valence-corrected chi connectivity index (χ0v) is 12.6. The molecule has 3 heterocycles. The molecule has 0 N–H and O–H groups in total. The smallest absolute Gasteiger partial charge is 0.159 e. The van der Waals surface area contributed by atoms with Crippen LogP contribution in [0.5, 0.6) is 0 Å². The molecule has 2 aliphatic heterocycles. The fourth-order valence-electron chi connectivity index (χ4n) is 2.13. The van der Waals surface area contributed by atoms with Gasteiger partial charge in [0.15, 0.2) is 5.17 Å². The van der Waals surface area contributed by atoms with E-state index in [-0.39, 0.29) is 0 Å². The number of nitrogens with zero attached hydrogens (tertiary/aromatic N) is 2. The molecule has 4 nitrogen and oxygen atoms in total. The highest BCUT2D eigenvalue weighted by molar-refractivity contribution is 8.15. The van der Waals surface area contributed by atoms with Crippen molar-refractivity contribution in [3.05, 3.63) is 18.1 Å². The maximum absolute atomic E-state index is 5.38. The normalized spacial score (nSPS) is 23.7. The Morgan fingerprint density at radius 2 is 2.32 bits per heavy atom. The SMILES string of the molecule is Cc1occc1SC[C@H]1CN=C(N2CCOCC2)S1. The topological polar surface area (TPSA) is 38.0 Å². The summed E-state index contributed by atoms with van der Waals surface area (Å²) >= 11 is 3.78. The molecular formula is C13H18N2O2S2. The number of morpholine rings is 1. The number of ether oxygens (including phenoxy) is 1. The molecule has 19 heavy (non-hydrogen) atoms. The van der Waals surface area contributed by atoms with Crippen molar-refractivity contribution in [1.29, 1.82) is 0 Å². The molecule has 0 amide bonds. The maximum Gasteiger partial charge on any atom is 0.159 e. The van der Waals surface area contributed by atoms with Crippen LogP contribution in [0.3, 0.4) is 0 Å². The Morgan fingerprint density at radius 1 is 1.47 bits per heavy atom. The zero-order valence-electron chi connectivity index (χ0n) is 11.0. The highest BCUT2D eigenvalue weighted by atomic mass is 32.2. The fourth-order valence-corrected chi connectivity index (χ4v) is 4.40. The van der Waals surface area contributed by atoms with Crippen molar-refractivity contribution in [2.75, 3.05) is 38.6 Å². The van der Waals surface area contributed by atoms with Crippen LogP contribution in [0.2, 0.25) is 0 Å². The van der Waals surface area contributed by atoms with Crippen LogP contribution >= 0.6 is 23.5 Å². The Hall–Kier alpha value is -0.590. The molecule has 1 aromatic heterocycles. The highest BCUT2D eigenvalue weighted by Crippen LogP contribution is 2.31. The lowest BCUT2D eigenvalue weighted by atomic mass is 10.4. The summed E-state index contributed by atoms with van der Waals surface area (Å²) < 4.78 is 10.7. The van der Waals surface area contributed by atoms with Crippen LogP contribution in [0.15, 0.2) is 26.6 Å². The molecule has 1 fully saturated rings. The first-order valence-corrected chi connectivity index (χ1v) is 8.40. The van der Waals surface area contributed by atoms with Gasteiger partial charge in [0.05, 0.1) is 26.0 Å². The maximum atomic E-state index is 5.38. The molecule has 2 aliphatic rings. The third-order valence-corrected chi connectivity index (χ3v) is 5.98. The van der Waals surface area contributed by atoms with Gasteiger partial charge < -0.3 is 14.1 Å². The van der Waals surface area contributed by atoms with Crippen LogP contribution in [0.1, 0.15) is 5.76 Å². The first kappa shape index (κ1) is 13.4. The molecule has 1 aromatic rings. The van der Waals surface area contributed by atoms with Crippen LogP contribution in [0.4, 0.5) is 0 Å². The minimum atomic E-state index is 0.581. The molecule has 0 unspecified atom stereocenters.